The lowest BCUT2D eigenvalue weighted by Gasteiger charge is -2.12. The van der Waals surface area contributed by atoms with Gasteiger partial charge in [0.05, 0.1) is 29.9 Å². The Labute approximate surface area is 239 Å². The number of hydrogen-bond acceptors (Lipinski definition) is 6. The Kier molecular flexibility index (Phi) is 8.90. The van der Waals surface area contributed by atoms with E-state index in [9.17, 15) is 9.59 Å². The standard InChI is InChI=1S/C26H20I2N2O5S/c1-2-34-19-9-7-18(8-10-19)29-26-30-24(31)22(36-26)13-16-11-20(27)23(21(28)12-16)35-14-15-3-5-17(6-4-15)25(32)33/h3-13H,2,14H2,1H3,(H,32,33)(H,29,30,31)/b22-13-. The van der Waals surface area contributed by atoms with Crippen molar-refractivity contribution in [3.8, 4) is 11.5 Å². The van der Waals surface area contributed by atoms with Gasteiger partial charge in [0, 0.05) is 0 Å². The molecular weight excluding hydrogens is 706 g/mol. The molecule has 1 aliphatic heterocycles. The van der Waals surface area contributed by atoms with Crippen LogP contribution in [0.25, 0.3) is 6.08 Å². The van der Waals surface area contributed by atoms with Crippen LogP contribution >= 0.6 is 56.9 Å². The van der Waals surface area contributed by atoms with E-state index in [4.69, 9.17) is 14.6 Å². The number of carbonyl (C=O) groups excluding carboxylic acids is 1. The lowest BCUT2D eigenvalue weighted by Crippen LogP contribution is -2.19. The summed E-state index contributed by atoms with van der Waals surface area (Å²) in [6.45, 7) is 2.84. The van der Waals surface area contributed by atoms with Gasteiger partial charge in [0.15, 0.2) is 5.17 Å². The number of carboxylic acids is 1. The van der Waals surface area contributed by atoms with Crippen molar-refractivity contribution in [1.29, 1.82) is 0 Å². The number of ether oxygens (including phenoxy) is 2. The minimum absolute atomic E-state index is 0.195. The van der Waals surface area contributed by atoms with E-state index in [0.29, 0.717) is 23.3 Å². The van der Waals surface area contributed by atoms with Crippen LogP contribution in [0.1, 0.15) is 28.4 Å². The highest BCUT2D eigenvalue weighted by molar-refractivity contribution is 14.1. The number of benzene rings is 3. The highest BCUT2D eigenvalue weighted by atomic mass is 127. The maximum absolute atomic E-state index is 12.5. The van der Waals surface area contributed by atoms with Crippen molar-refractivity contribution in [3.63, 3.8) is 0 Å². The molecule has 36 heavy (non-hydrogen) atoms. The van der Waals surface area contributed by atoms with Gasteiger partial charge in [0.1, 0.15) is 18.1 Å². The van der Waals surface area contributed by atoms with Crippen molar-refractivity contribution in [2.24, 2.45) is 4.99 Å². The number of amides is 1. The van der Waals surface area contributed by atoms with E-state index in [0.717, 1.165) is 35.5 Å². The van der Waals surface area contributed by atoms with Gasteiger partial charge in [0.2, 0.25) is 0 Å². The van der Waals surface area contributed by atoms with Gasteiger partial charge in [-0.25, -0.2) is 9.79 Å². The highest BCUT2D eigenvalue weighted by Crippen LogP contribution is 2.33. The summed E-state index contributed by atoms with van der Waals surface area (Å²) in [6.07, 6.45) is 1.83. The molecule has 0 unspecified atom stereocenters. The van der Waals surface area contributed by atoms with Crippen molar-refractivity contribution >= 4 is 85.8 Å². The zero-order chi connectivity index (χ0) is 25.7. The summed E-state index contributed by atoms with van der Waals surface area (Å²) in [4.78, 5) is 28.6. The average molecular weight is 726 g/mol. The van der Waals surface area contributed by atoms with E-state index >= 15 is 0 Å². The number of halogens is 2. The van der Waals surface area contributed by atoms with Crippen molar-refractivity contribution in [1.82, 2.24) is 5.32 Å². The van der Waals surface area contributed by atoms with E-state index in [-0.39, 0.29) is 11.5 Å². The predicted molar refractivity (Wildman–Crippen MR) is 158 cm³/mol. The molecule has 10 heteroatoms. The molecule has 1 aliphatic rings. The van der Waals surface area contributed by atoms with Crippen molar-refractivity contribution in [2.45, 2.75) is 13.5 Å². The second kappa shape index (κ2) is 12.1. The summed E-state index contributed by atoms with van der Waals surface area (Å²) in [5, 5.41) is 12.4. The number of aromatic carboxylic acids is 1. The maximum Gasteiger partial charge on any atom is 0.335 e. The fraction of sp³-hybridized carbons (Fsp3) is 0.115. The molecule has 7 nitrogen and oxygen atoms in total. The zero-order valence-corrected chi connectivity index (χ0v) is 24.1. The molecule has 1 fully saturated rings. The normalized spacial score (nSPS) is 15.2. The predicted octanol–water partition coefficient (Wildman–Crippen LogP) is 6.46. The van der Waals surface area contributed by atoms with E-state index in [1.54, 1.807) is 24.3 Å². The van der Waals surface area contributed by atoms with Crippen LogP contribution in [-0.4, -0.2) is 28.8 Å². The lowest BCUT2D eigenvalue weighted by molar-refractivity contribution is -0.115. The Hall–Kier alpha value is -2.58. The van der Waals surface area contributed by atoms with Crippen LogP contribution in [0.3, 0.4) is 0 Å². The molecule has 1 heterocycles. The van der Waals surface area contributed by atoms with Crippen molar-refractivity contribution < 1.29 is 24.2 Å². The SMILES string of the molecule is CCOc1ccc(N=C2NC(=O)/C(=C/c3cc(I)c(OCc4ccc(C(=O)O)cc4)c(I)c3)S2)cc1. The molecule has 4 rings (SSSR count). The molecule has 184 valence electrons. The van der Waals surface area contributed by atoms with Crippen LogP contribution in [0.5, 0.6) is 11.5 Å². The molecule has 0 atom stereocenters. The lowest BCUT2D eigenvalue weighted by atomic mass is 10.1. The molecule has 2 N–H and O–H groups in total. The minimum atomic E-state index is -0.958. The van der Waals surface area contributed by atoms with Crippen LogP contribution in [0.15, 0.2) is 70.6 Å². The molecule has 3 aromatic carbocycles. The first-order chi connectivity index (χ1) is 17.3. The summed E-state index contributed by atoms with van der Waals surface area (Å²) in [5.41, 5.74) is 2.71. The molecule has 0 saturated carbocycles. The molecule has 1 amide bonds. The quantitative estimate of drug-likeness (QED) is 0.204. The molecule has 0 radical (unpaired) electrons. The second-order valence-corrected chi connectivity index (χ2v) is 10.9. The van der Waals surface area contributed by atoms with Crippen molar-refractivity contribution in [2.75, 3.05) is 6.61 Å². The number of carbonyl (C=O) groups is 2. The first kappa shape index (κ1) is 26.5. The molecule has 1 saturated heterocycles. The number of nitrogens with zero attached hydrogens (tertiary/aromatic N) is 1. The molecular formula is C26H20I2N2O5S. The Morgan fingerprint density at radius 1 is 1.06 bits per heavy atom. The second-order valence-electron chi connectivity index (χ2n) is 7.51. The molecule has 0 aliphatic carbocycles. The Morgan fingerprint density at radius 2 is 1.72 bits per heavy atom. The fourth-order valence-corrected chi connectivity index (χ4v) is 6.20. The monoisotopic (exact) mass is 726 g/mol. The number of carboxylic acid groups (broad SMARTS) is 1. The number of hydrogen-bond donors (Lipinski definition) is 2. The molecule has 0 aromatic heterocycles. The third-order valence-corrected chi connectivity index (χ3v) is 7.44. The number of nitrogens with one attached hydrogen (secondary N) is 1. The van der Waals surface area contributed by atoms with Crippen LogP contribution < -0.4 is 14.8 Å². The summed E-state index contributed by atoms with van der Waals surface area (Å²) < 4.78 is 13.3. The maximum atomic E-state index is 12.5. The third kappa shape index (κ3) is 6.79. The Balaban J connectivity index is 1.45. The third-order valence-electron chi connectivity index (χ3n) is 4.93. The molecule has 3 aromatic rings. The fourth-order valence-electron chi connectivity index (χ4n) is 3.23. The largest absolute Gasteiger partial charge is 0.494 e. The Bertz CT molecular complexity index is 1330. The van der Waals surface area contributed by atoms with Gasteiger partial charge in [-0.3, -0.25) is 4.79 Å². The van der Waals surface area contributed by atoms with Gasteiger partial charge in [-0.2, -0.15) is 0 Å². The summed E-state index contributed by atoms with van der Waals surface area (Å²) in [5.74, 6) is 0.361. The van der Waals surface area contributed by atoms with Crippen LogP contribution in [0, 0.1) is 7.14 Å². The van der Waals surface area contributed by atoms with Crippen molar-refractivity contribution in [3.05, 3.63) is 89.4 Å². The topological polar surface area (TPSA) is 97.2 Å². The average Bonchev–Trinajstić information content (AvgIpc) is 3.18. The minimum Gasteiger partial charge on any atom is -0.494 e. The van der Waals surface area contributed by atoms with Crippen LogP contribution in [0.4, 0.5) is 5.69 Å². The van der Waals surface area contributed by atoms with Gasteiger partial charge in [0.25, 0.3) is 5.91 Å². The Morgan fingerprint density at radius 3 is 2.33 bits per heavy atom. The smallest absolute Gasteiger partial charge is 0.335 e. The van der Waals surface area contributed by atoms with Gasteiger partial charge >= 0.3 is 5.97 Å². The zero-order valence-electron chi connectivity index (χ0n) is 19.0. The molecule has 0 spiro atoms. The van der Waals surface area contributed by atoms with E-state index in [1.807, 2.05) is 49.4 Å². The summed E-state index contributed by atoms with van der Waals surface area (Å²) in [7, 11) is 0. The summed E-state index contributed by atoms with van der Waals surface area (Å²) >= 11 is 5.71. The van der Waals surface area contributed by atoms with Gasteiger partial charge < -0.3 is 19.9 Å². The van der Waals surface area contributed by atoms with E-state index in [2.05, 4.69) is 55.5 Å². The van der Waals surface area contributed by atoms with E-state index < -0.39 is 5.97 Å². The van der Waals surface area contributed by atoms with Crippen LogP contribution in [-0.2, 0) is 11.4 Å². The van der Waals surface area contributed by atoms with Gasteiger partial charge in [-0.15, -0.1) is 0 Å². The van der Waals surface area contributed by atoms with Gasteiger partial charge in [-0.05, 0) is 130 Å². The van der Waals surface area contributed by atoms with Crippen LogP contribution in [0.2, 0.25) is 0 Å². The first-order valence-electron chi connectivity index (χ1n) is 10.8. The van der Waals surface area contributed by atoms with Gasteiger partial charge in [-0.1, -0.05) is 12.1 Å². The number of rotatable bonds is 8. The van der Waals surface area contributed by atoms with E-state index in [1.165, 1.54) is 11.8 Å². The highest BCUT2D eigenvalue weighted by Gasteiger charge is 2.24. The number of amidine groups is 1. The molecule has 0 bridgehead atoms. The summed E-state index contributed by atoms with van der Waals surface area (Å²) in [6, 6.07) is 17.9. The first-order valence-corrected chi connectivity index (χ1v) is 13.8. The number of aliphatic imine (C=N–C) groups is 1. The number of thioether (sulfide) groups is 1.